The Hall–Kier alpha value is -2.08. The number of halogens is 1. The Balaban J connectivity index is 2.23. The van der Waals surface area contributed by atoms with E-state index < -0.39 is 0 Å². The molecule has 2 aromatic heterocycles. The molecule has 0 fully saturated rings. The van der Waals surface area contributed by atoms with Gasteiger partial charge < -0.3 is 16.0 Å². The molecule has 0 aliphatic rings. The molecular weight excluding hydrogens is 288 g/mol. The number of aromatic nitrogens is 3. The molecule has 2 aromatic rings. The Kier molecular flexibility index (Phi) is 5.16. The van der Waals surface area contributed by atoms with E-state index in [0.717, 1.165) is 19.4 Å². The predicted octanol–water partition coefficient (Wildman–Crippen LogP) is 3.09. The predicted molar refractivity (Wildman–Crippen MR) is 87.2 cm³/mol. The average molecular weight is 307 g/mol. The van der Waals surface area contributed by atoms with Gasteiger partial charge in [0.25, 0.3) is 0 Å². The summed E-state index contributed by atoms with van der Waals surface area (Å²) in [5.74, 6) is 1.24. The molecule has 2 rings (SSSR count). The van der Waals surface area contributed by atoms with Crippen molar-refractivity contribution in [2.45, 2.75) is 19.8 Å². The molecular formula is C14H19ClN6. The Morgan fingerprint density at radius 2 is 2.14 bits per heavy atom. The molecule has 21 heavy (non-hydrogen) atoms. The molecule has 112 valence electrons. The van der Waals surface area contributed by atoms with Crippen LogP contribution < -0.4 is 16.0 Å². The highest BCUT2D eigenvalue weighted by atomic mass is 35.5. The van der Waals surface area contributed by atoms with E-state index in [1.165, 1.54) is 6.33 Å². The van der Waals surface area contributed by atoms with Gasteiger partial charge in [-0.05, 0) is 18.6 Å². The first-order chi connectivity index (χ1) is 10.1. The van der Waals surface area contributed by atoms with Gasteiger partial charge in [-0.3, -0.25) is 0 Å². The molecule has 6 nitrogen and oxygen atoms in total. The Morgan fingerprint density at radius 3 is 2.86 bits per heavy atom. The minimum Gasteiger partial charge on any atom is -0.393 e. The fourth-order valence-electron chi connectivity index (χ4n) is 1.90. The second kappa shape index (κ2) is 7.08. The summed E-state index contributed by atoms with van der Waals surface area (Å²) in [5, 5.41) is 3.47. The zero-order chi connectivity index (χ0) is 15.2. The fourth-order valence-corrected chi connectivity index (χ4v) is 2.06. The lowest BCUT2D eigenvalue weighted by Gasteiger charge is -2.20. The third-order valence-corrected chi connectivity index (χ3v) is 3.38. The highest BCUT2D eigenvalue weighted by molar-refractivity contribution is 6.32. The minimum atomic E-state index is 0.372. The number of rotatable bonds is 6. The van der Waals surface area contributed by atoms with Crippen LogP contribution in [0.4, 0.5) is 23.0 Å². The molecule has 0 bridgehead atoms. The van der Waals surface area contributed by atoms with E-state index in [4.69, 9.17) is 17.3 Å². The largest absolute Gasteiger partial charge is 0.393 e. The maximum Gasteiger partial charge on any atom is 0.159 e. The third-order valence-electron chi connectivity index (χ3n) is 3.08. The minimum absolute atomic E-state index is 0.372. The lowest BCUT2D eigenvalue weighted by atomic mass is 10.3. The van der Waals surface area contributed by atoms with Gasteiger partial charge in [-0.15, -0.1) is 0 Å². The van der Waals surface area contributed by atoms with Gasteiger partial charge in [-0.25, -0.2) is 15.0 Å². The summed E-state index contributed by atoms with van der Waals surface area (Å²) in [4.78, 5) is 14.5. The molecule has 0 radical (unpaired) electrons. The maximum atomic E-state index is 6.16. The van der Waals surface area contributed by atoms with Gasteiger partial charge in [-0.2, -0.15) is 0 Å². The van der Waals surface area contributed by atoms with E-state index in [9.17, 15) is 0 Å². The SMILES string of the molecule is CCCCN(C)c1ncnc(Nc2cccnc2Cl)c1N. The number of anilines is 4. The van der Waals surface area contributed by atoms with Crippen molar-refractivity contribution in [3.63, 3.8) is 0 Å². The van der Waals surface area contributed by atoms with Gasteiger partial charge >= 0.3 is 0 Å². The Bertz CT molecular complexity index is 604. The summed E-state index contributed by atoms with van der Waals surface area (Å²) in [6, 6.07) is 3.61. The lowest BCUT2D eigenvalue weighted by Crippen LogP contribution is -2.21. The van der Waals surface area contributed by atoms with Gasteiger partial charge in [-0.1, -0.05) is 24.9 Å². The van der Waals surface area contributed by atoms with Crippen molar-refractivity contribution in [3.05, 3.63) is 29.8 Å². The van der Waals surface area contributed by atoms with Crippen LogP contribution in [0.15, 0.2) is 24.7 Å². The topological polar surface area (TPSA) is 80.0 Å². The van der Waals surface area contributed by atoms with Crippen LogP contribution in [0, 0.1) is 0 Å². The molecule has 0 amide bonds. The molecule has 0 atom stereocenters. The van der Waals surface area contributed by atoms with Crippen LogP contribution in [0.3, 0.4) is 0 Å². The molecule has 0 unspecified atom stereocenters. The standard InChI is InChI=1S/C14H19ClN6/c1-3-4-8-21(2)14-11(16)13(18-9-19-14)20-10-6-5-7-17-12(10)15/h5-7,9H,3-4,8,16H2,1-2H3,(H,18,19,20). The molecule has 2 heterocycles. The number of pyridine rings is 1. The van der Waals surface area contributed by atoms with Crippen molar-refractivity contribution in [2.75, 3.05) is 29.5 Å². The van der Waals surface area contributed by atoms with Crippen molar-refractivity contribution in [2.24, 2.45) is 0 Å². The average Bonchev–Trinajstić information content (AvgIpc) is 2.49. The first kappa shape index (κ1) is 15.3. The van der Waals surface area contributed by atoms with E-state index in [1.807, 2.05) is 18.0 Å². The molecule has 7 heteroatoms. The molecule has 3 N–H and O–H groups in total. The van der Waals surface area contributed by atoms with Crippen LogP contribution in [-0.2, 0) is 0 Å². The molecule has 0 saturated carbocycles. The molecule has 0 aliphatic carbocycles. The molecule has 0 saturated heterocycles. The number of hydrogen-bond acceptors (Lipinski definition) is 6. The first-order valence-electron chi connectivity index (χ1n) is 6.82. The zero-order valence-corrected chi connectivity index (χ0v) is 12.9. The van der Waals surface area contributed by atoms with Gasteiger partial charge in [0.15, 0.2) is 16.8 Å². The van der Waals surface area contributed by atoms with Crippen LogP contribution in [0.1, 0.15) is 19.8 Å². The van der Waals surface area contributed by atoms with E-state index >= 15 is 0 Å². The molecule has 0 spiro atoms. The van der Waals surface area contributed by atoms with Crippen LogP contribution in [-0.4, -0.2) is 28.5 Å². The highest BCUT2D eigenvalue weighted by Gasteiger charge is 2.13. The van der Waals surface area contributed by atoms with E-state index in [0.29, 0.717) is 28.2 Å². The van der Waals surface area contributed by atoms with Crippen LogP contribution in [0.5, 0.6) is 0 Å². The second-order valence-electron chi connectivity index (χ2n) is 4.70. The summed E-state index contributed by atoms with van der Waals surface area (Å²) in [5.41, 5.74) is 7.32. The number of nitrogen functional groups attached to an aromatic ring is 1. The van der Waals surface area contributed by atoms with Crippen molar-refractivity contribution in [3.8, 4) is 0 Å². The Labute approximate surface area is 129 Å². The summed E-state index contributed by atoms with van der Waals surface area (Å²) in [6.07, 6.45) is 5.31. The molecule has 0 aliphatic heterocycles. The maximum absolute atomic E-state index is 6.16. The van der Waals surface area contributed by atoms with E-state index in [1.54, 1.807) is 12.3 Å². The van der Waals surface area contributed by atoms with Crippen molar-refractivity contribution < 1.29 is 0 Å². The summed E-state index contributed by atoms with van der Waals surface area (Å²) >= 11 is 6.03. The second-order valence-corrected chi connectivity index (χ2v) is 5.06. The van der Waals surface area contributed by atoms with Gasteiger partial charge in [0, 0.05) is 19.8 Å². The number of hydrogen-bond donors (Lipinski definition) is 2. The normalized spacial score (nSPS) is 10.4. The summed E-state index contributed by atoms with van der Waals surface area (Å²) < 4.78 is 0. The summed E-state index contributed by atoms with van der Waals surface area (Å²) in [6.45, 7) is 3.04. The van der Waals surface area contributed by atoms with Crippen LogP contribution >= 0.6 is 11.6 Å². The smallest absolute Gasteiger partial charge is 0.159 e. The Morgan fingerprint density at radius 1 is 1.33 bits per heavy atom. The summed E-state index contributed by atoms with van der Waals surface area (Å²) in [7, 11) is 1.97. The monoisotopic (exact) mass is 306 g/mol. The lowest BCUT2D eigenvalue weighted by molar-refractivity contribution is 0.759. The van der Waals surface area contributed by atoms with Crippen LogP contribution in [0.25, 0.3) is 0 Å². The van der Waals surface area contributed by atoms with Crippen molar-refractivity contribution >= 4 is 34.6 Å². The number of unbranched alkanes of at least 4 members (excludes halogenated alkanes) is 1. The quantitative estimate of drug-likeness (QED) is 0.798. The van der Waals surface area contributed by atoms with Gasteiger partial charge in [0.1, 0.15) is 12.0 Å². The number of nitrogens with zero attached hydrogens (tertiary/aromatic N) is 4. The van der Waals surface area contributed by atoms with Crippen molar-refractivity contribution in [1.82, 2.24) is 15.0 Å². The van der Waals surface area contributed by atoms with Crippen LogP contribution in [0.2, 0.25) is 5.15 Å². The van der Waals surface area contributed by atoms with Gasteiger partial charge in [0.2, 0.25) is 0 Å². The zero-order valence-electron chi connectivity index (χ0n) is 12.2. The van der Waals surface area contributed by atoms with Gasteiger partial charge in [0.05, 0.1) is 5.69 Å². The third kappa shape index (κ3) is 3.72. The number of nitrogens with one attached hydrogen (secondary N) is 1. The molecule has 0 aromatic carbocycles. The van der Waals surface area contributed by atoms with E-state index in [2.05, 4.69) is 27.2 Å². The van der Waals surface area contributed by atoms with E-state index in [-0.39, 0.29) is 0 Å². The fraction of sp³-hybridized carbons (Fsp3) is 0.357. The number of nitrogens with two attached hydrogens (primary N) is 1. The first-order valence-corrected chi connectivity index (χ1v) is 7.20. The van der Waals surface area contributed by atoms with Crippen molar-refractivity contribution in [1.29, 1.82) is 0 Å². The highest BCUT2D eigenvalue weighted by Crippen LogP contribution is 2.29.